The van der Waals surface area contributed by atoms with Gasteiger partial charge in [-0.15, -0.1) is 0 Å². The fraction of sp³-hybridized carbons (Fsp3) is 0.286. The van der Waals surface area contributed by atoms with Gasteiger partial charge in [0.25, 0.3) is 0 Å². The molecule has 7 heteroatoms. The van der Waals surface area contributed by atoms with Gasteiger partial charge < -0.3 is 20.5 Å². The average molecular weight is 289 g/mol. The number of aromatic amines is 1. The standard InChI is InChI=1S/C14H19N5O2/c1-9-10(8-17-19-9)7-16-14(15)18-12-6-11(20-2)4-5-13(12)21-3/h4-6,8H,7H2,1-3H3,(H,17,19)(H3,15,16,18). The number of rotatable bonds is 5. The second kappa shape index (κ2) is 6.65. The topological polar surface area (TPSA) is 97.6 Å². The average Bonchev–Trinajstić information content (AvgIpc) is 2.90. The normalized spacial score (nSPS) is 11.3. The second-order valence-corrected chi connectivity index (χ2v) is 4.41. The van der Waals surface area contributed by atoms with Crippen LogP contribution in [0, 0.1) is 6.92 Å². The lowest BCUT2D eigenvalue weighted by molar-refractivity contribution is 0.405. The summed E-state index contributed by atoms with van der Waals surface area (Å²) in [5.74, 6) is 1.66. The number of aryl methyl sites for hydroxylation is 1. The van der Waals surface area contributed by atoms with Crippen molar-refractivity contribution >= 4 is 11.6 Å². The molecule has 0 radical (unpaired) electrons. The Morgan fingerprint density at radius 1 is 1.38 bits per heavy atom. The van der Waals surface area contributed by atoms with Gasteiger partial charge in [-0.25, -0.2) is 4.99 Å². The van der Waals surface area contributed by atoms with Crippen LogP contribution in [0.1, 0.15) is 11.3 Å². The monoisotopic (exact) mass is 289 g/mol. The highest BCUT2D eigenvalue weighted by Crippen LogP contribution is 2.28. The van der Waals surface area contributed by atoms with E-state index < -0.39 is 0 Å². The number of H-pyrrole nitrogens is 1. The SMILES string of the molecule is COc1ccc(OC)c(NC(N)=NCc2cn[nH]c2C)c1. The lowest BCUT2D eigenvalue weighted by Crippen LogP contribution is -2.23. The van der Waals surface area contributed by atoms with Crippen LogP contribution in [0.3, 0.4) is 0 Å². The highest BCUT2D eigenvalue weighted by atomic mass is 16.5. The minimum absolute atomic E-state index is 0.294. The van der Waals surface area contributed by atoms with E-state index >= 15 is 0 Å². The summed E-state index contributed by atoms with van der Waals surface area (Å²) < 4.78 is 10.5. The summed E-state index contributed by atoms with van der Waals surface area (Å²) >= 11 is 0. The molecule has 112 valence electrons. The van der Waals surface area contributed by atoms with Crippen molar-refractivity contribution < 1.29 is 9.47 Å². The number of anilines is 1. The third-order valence-corrected chi connectivity index (χ3v) is 3.02. The van der Waals surface area contributed by atoms with Gasteiger partial charge in [0.15, 0.2) is 5.96 Å². The van der Waals surface area contributed by atoms with E-state index in [4.69, 9.17) is 15.2 Å². The van der Waals surface area contributed by atoms with Gasteiger partial charge in [-0.3, -0.25) is 5.10 Å². The molecule has 1 aromatic heterocycles. The van der Waals surface area contributed by atoms with E-state index in [0.717, 1.165) is 11.3 Å². The largest absolute Gasteiger partial charge is 0.497 e. The van der Waals surface area contributed by atoms with Gasteiger partial charge in [-0.2, -0.15) is 5.10 Å². The van der Waals surface area contributed by atoms with Crippen LogP contribution >= 0.6 is 0 Å². The Kier molecular flexibility index (Phi) is 4.65. The zero-order valence-electron chi connectivity index (χ0n) is 12.3. The number of ether oxygens (including phenoxy) is 2. The van der Waals surface area contributed by atoms with Crippen molar-refractivity contribution in [1.82, 2.24) is 10.2 Å². The van der Waals surface area contributed by atoms with Crippen LogP contribution in [0.15, 0.2) is 29.4 Å². The molecule has 0 atom stereocenters. The van der Waals surface area contributed by atoms with Gasteiger partial charge in [0.2, 0.25) is 0 Å². The predicted molar refractivity (Wildman–Crippen MR) is 81.8 cm³/mol. The summed E-state index contributed by atoms with van der Waals surface area (Å²) in [4.78, 5) is 4.28. The first-order valence-corrected chi connectivity index (χ1v) is 6.42. The van der Waals surface area contributed by atoms with Crippen molar-refractivity contribution in [2.45, 2.75) is 13.5 Å². The van der Waals surface area contributed by atoms with Gasteiger partial charge in [0.1, 0.15) is 11.5 Å². The van der Waals surface area contributed by atoms with Gasteiger partial charge in [-0.1, -0.05) is 0 Å². The van der Waals surface area contributed by atoms with E-state index in [1.54, 1.807) is 32.5 Å². The summed E-state index contributed by atoms with van der Waals surface area (Å²) in [6.07, 6.45) is 1.73. The molecule has 0 spiro atoms. The Morgan fingerprint density at radius 2 is 2.19 bits per heavy atom. The molecule has 0 aliphatic carbocycles. The van der Waals surface area contributed by atoms with Crippen molar-refractivity contribution in [3.63, 3.8) is 0 Å². The third-order valence-electron chi connectivity index (χ3n) is 3.02. The Hall–Kier alpha value is -2.70. The fourth-order valence-corrected chi connectivity index (χ4v) is 1.79. The molecule has 0 saturated carbocycles. The number of hydrogen-bond donors (Lipinski definition) is 3. The summed E-state index contributed by atoms with van der Waals surface area (Å²) in [6.45, 7) is 2.39. The number of aromatic nitrogens is 2. The predicted octanol–water partition coefficient (Wildman–Crippen LogP) is 1.66. The van der Waals surface area contributed by atoms with E-state index in [1.165, 1.54) is 0 Å². The first-order valence-electron chi connectivity index (χ1n) is 6.42. The molecule has 0 bridgehead atoms. The summed E-state index contributed by atoms with van der Waals surface area (Å²) in [5.41, 5.74) is 8.57. The molecule has 1 aromatic carbocycles. The van der Waals surface area contributed by atoms with Crippen molar-refractivity contribution in [3.05, 3.63) is 35.7 Å². The lowest BCUT2D eigenvalue weighted by atomic mass is 10.2. The van der Waals surface area contributed by atoms with Crippen molar-refractivity contribution in [3.8, 4) is 11.5 Å². The number of nitrogens with one attached hydrogen (secondary N) is 2. The molecule has 7 nitrogen and oxygen atoms in total. The number of methoxy groups -OCH3 is 2. The summed E-state index contributed by atoms with van der Waals surface area (Å²) in [5, 5.41) is 9.81. The minimum atomic E-state index is 0.294. The quantitative estimate of drug-likeness (QED) is 0.574. The molecule has 2 aromatic rings. The first-order chi connectivity index (χ1) is 10.1. The number of nitrogens with zero attached hydrogens (tertiary/aromatic N) is 2. The molecule has 21 heavy (non-hydrogen) atoms. The maximum absolute atomic E-state index is 5.90. The molecule has 0 aliphatic heterocycles. The highest BCUT2D eigenvalue weighted by Gasteiger charge is 2.06. The van der Waals surface area contributed by atoms with Gasteiger partial charge in [0.05, 0.1) is 32.6 Å². The molecule has 1 heterocycles. The number of guanidine groups is 1. The fourth-order valence-electron chi connectivity index (χ4n) is 1.79. The highest BCUT2D eigenvalue weighted by molar-refractivity contribution is 5.94. The molecule has 4 N–H and O–H groups in total. The molecule has 0 aliphatic rings. The lowest BCUT2D eigenvalue weighted by Gasteiger charge is -2.12. The zero-order chi connectivity index (χ0) is 15.2. The van der Waals surface area contributed by atoms with E-state index in [0.29, 0.717) is 29.7 Å². The first kappa shape index (κ1) is 14.7. The van der Waals surface area contributed by atoms with Crippen LogP contribution in [0.25, 0.3) is 0 Å². The van der Waals surface area contributed by atoms with E-state index in [9.17, 15) is 0 Å². The van der Waals surface area contributed by atoms with Crippen molar-refractivity contribution in [2.75, 3.05) is 19.5 Å². The van der Waals surface area contributed by atoms with Crippen LogP contribution in [0.5, 0.6) is 11.5 Å². The Labute approximate surface area is 123 Å². The Bertz CT molecular complexity index is 636. The number of aliphatic imine (C=N–C) groups is 1. The molecule has 2 rings (SSSR count). The van der Waals surface area contributed by atoms with Gasteiger partial charge in [-0.05, 0) is 19.1 Å². The minimum Gasteiger partial charge on any atom is -0.497 e. The van der Waals surface area contributed by atoms with Gasteiger partial charge in [0, 0.05) is 17.3 Å². The Balaban J connectivity index is 2.11. The number of hydrogen-bond acceptors (Lipinski definition) is 4. The van der Waals surface area contributed by atoms with Crippen LogP contribution in [0.4, 0.5) is 5.69 Å². The van der Waals surface area contributed by atoms with Crippen molar-refractivity contribution in [1.29, 1.82) is 0 Å². The summed E-state index contributed by atoms with van der Waals surface area (Å²) in [6, 6.07) is 5.41. The van der Waals surface area contributed by atoms with Gasteiger partial charge >= 0.3 is 0 Å². The van der Waals surface area contributed by atoms with E-state index in [1.807, 2.05) is 13.0 Å². The maximum atomic E-state index is 5.90. The maximum Gasteiger partial charge on any atom is 0.193 e. The number of benzene rings is 1. The van der Waals surface area contributed by atoms with Crippen LogP contribution in [-0.2, 0) is 6.54 Å². The van der Waals surface area contributed by atoms with Crippen molar-refractivity contribution in [2.24, 2.45) is 10.7 Å². The Morgan fingerprint density at radius 3 is 2.81 bits per heavy atom. The number of nitrogens with two attached hydrogens (primary N) is 1. The van der Waals surface area contributed by atoms with E-state index in [-0.39, 0.29) is 0 Å². The third kappa shape index (κ3) is 3.65. The summed E-state index contributed by atoms with van der Waals surface area (Å²) in [7, 11) is 3.19. The molecule has 0 amide bonds. The zero-order valence-corrected chi connectivity index (χ0v) is 12.3. The van der Waals surface area contributed by atoms with Crippen LogP contribution in [0.2, 0.25) is 0 Å². The molecule has 0 unspecified atom stereocenters. The van der Waals surface area contributed by atoms with Crippen LogP contribution < -0.4 is 20.5 Å². The second-order valence-electron chi connectivity index (χ2n) is 4.41. The van der Waals surface area contributed by atoms with E-state index in [2.05, 4.69) is 20.5 Å². The smallest absolute Gasteiger partial charge is 0.193 e. The molecular weight excluding hydrogens is 270 g/mol. The molecule has 0 fully saturated rings. The molecule has 0 saturated heterocycles. The molecular formula is C14H19N5O2. The van der Waals surface area contributed by atoms with Crippen LogP contribution in [-0.4, -0.2) is 30.4 Å².